The van der Waals surface area contributed by atoms with Gasteiger partial charge in [0.15, 0.2) is 5.69 Å². The van der Waals surface area contributed by atoms with Gasteiger partial charge in [-0.25, -0.2) is 9.78 Å². The summed E-state index contributed by atoms with van der Waals surface area (Å²) in [4.78, 5) is 16.2. The van der Waals surface area contributed by atoms with Gasteiger partial charge in [-0.05, 0) is 12.1 Å². The topological polar surface area (TPSA) is 80.9 Å². The zero-order valence-corrected chi connectivity index (χ0v) is 9.96. The average Bonchev–Trinajstić information content (AvgIpc) is 2.94. The van der Waals surface area contributed by atoms with Crippen LogP contribution in [-0.2, 0) is 6.54 Å². The fraction of sp³-hybridized carbons (Fsp3) is 0.0909. The lowest BCUT2D eigenvalue weighted by molar-refractivity contribution is 0.0691. The van der Waals surface area contributed by atoms with E-state index in [0.29, 0.717) is 11.6 Å². The number of hydrogen-bond donors (Lipinski definition) is 1. The van der Waals surface area contributed by atoms with Crippen molar-refractivity contribution in [1.82, 2.24) is 20.0 Å². The van der Waals surface area contributed by atoms with Crippen molar-refractivity contribution < 1.29 is 9.90 Å². The van der Waals surface area contributed by atoms with E-state index in [4.69, 9.17) is 5.11 Å². The fourth-order valence-electron chi connectivity index (χ4n) is 1.58. The molecule has 0 atom stereocenters. The predicted molar refractivity (Wildman–Crippen MR) is 65.7 cm³/mol. The van der Waals surface area contributed by atoms with Crippen LogP contribution in [0.1, 0.15) is 15.5 Å². The van der Waals surface area contributed by atoms with Gasteiger partial charge in [-0.2, -0.15) is 15.0 Å². The number of carbonyl (C=O) groups is 1. The molecule has 0 saturated carbocycles. The highest BCUT2D eigenvalue weighted by molar-refractivity contribution is 7.09. The minimum absolute atomic E-state index is 0.0618. The Bertz CT molecular complexity index is 685. The van der Waals surface area contributed by atoms with Gasteiger partial charge in [0, 0.05) is 5.38 Å². The van der Waals surface area contributed by atoms with Crippen LogP contribution in [0.2, 0.25) is 0 Å². The highest BCUT2D eigenvalue weighted by atomic mass is 32.1. The Hall–Kier alpha value is -2.28. The van der Waals surface area contributed by atoms with Gasteiger partial charge in [0.1, 0.15) is 22.6 Å². The van der Waals surface area contributed by atoms with Crippen molar-refractivity contribution >= 4 is 28.3 Å². The Balaban J connectivity index is 1.88. The van der Waals surface area contributed by atoms with Gasteiger partial charge in [0.05, 0.1) is 0 Å². The number of carboxylic acid groups (broad SMARTS) is 1. The Kier molecular flexibility index (Phi) is 2.52. The van der Waals surface area contributed by atoms with Crippen LogP contribution in [0, 0.1) is 0 Å². The molecule has 0 aliphatic carbocycles. The summed E-state index contributed by atoms with van der Waals surface area (Å²) in [6, 6.07) is 7.55. The normalized spacial score (nSPS) is 10.9. The molecule has 3 aromatic rings. The monoisotopic (exact) mass is 260 g/mol. The molecule has 18 heavy (non-hydrogen) atoms. The maximum Gasteiger partial charge on any atom is 0.355 e. The molecule has 0 bridgehead atoms. The molecule has 0 amide bonds. The van der Waals surface area contributed by atoms with Crippen LogP contribution in [0.5, 0.6) is 0 Å². The number of nitrogens with zero attached hydrogens (tertiary/aromatic N) is 4. The molecule has 6 nitrogen and oxygen atoms in total. The number of fused-ring (bicyclic) bond motifs is 1. The second kappa shape index (κ2) is 4.19. The maximum absolute atomic E-state index is 10.7. The molecular weight excluding hydrogens is 252 g/mol. The standard InChI is InChI=1S/C11H8N4O2S/c16-11(17)9-6-18-10(12-9)5-15-13-7-3-1-2-4-8(7)14-15/h1-4,6H,5H2,(H,16,17). The van der Waals surface area contributed by atoms with E-state index in [1.54, 1.807) is 0 Å². The van der Waals surface area contributed by atoms with Crippen LogP contribution in [0.15, 0.2) is 29.6 Å². The molecule has 0 unspecified atom stereocenters. The fourth-order valence-corrected chi connectivity index (χ4v) is 2.32. The molecular formula is C11H8N4O2S. The molecule has 0 radical (unpaired) electrons. The first-order valence-corrected chi connectivity index (χ1v) is 6.08. The van der Waals surface area contributed by atoms with Gasteiger partial charge >= 0.3 is 5.97 Å². The largest absolute Gasteiger partial charge is 0.476 e. The summed E-state index contributed by atoms with van der Waals surface area (Å²) in [5.74, 6) is -1.02. The highest BCUT2D eigenvalue weighted by Gasteiger charge is 2.10. The molecule has 0 fully saturated rings. The third kappa shape index (κ3) is 1.95. The molecule has 0 spiro atoms. The van der Waals surface area contributed by atoms with E-state index in [-0.39, 0.29) is 5.69 Å². The molecule has 3 rings (SSSR count). The molecule has 1 aromatic carbocycles. The Labute approximate surface area is 106 Å². The summed E-state index contributed by atoms with van der Waals surface area (Å²) in [6.07, 6.45) is 0. The number of rotatable bonds is 3. The number of aromatic nitrogens is 4. The van der Waals surface area contributed by atoms with E-state index < -0.39 is 5.97 Å². The number of carboxylic acids is 1. The summed E-state index contributed by atoms with van der Waals surface area (Å²) in [6.45, 7) is 0.382. The lowest BCUT2D eigenvalue weighted by Gasteiger charge is -1.93. The van der Waals surface area contributed by atoms with Crippen LogP contribution in [0.25, 0.3) is 11.0 Å². The molecule has 90 valence electrons. The van der Waals surface area contributed by atoms with Gasteiger partial charge in [-0.1, -0.05) is 12.1 Å². The SMILES string of the molecule is O=C(O)c1csc(Cn2nc3ccccc3n2)n1. The van der Waals surface area contributed by atoms with Gasteiger partial charge < -0.3 is 5.11 Å². The van der Waals surface area contributed by atoms with Crippen molar-refractivity contribution in [3.05, 3.63) is 40.3 Å². The minimum atomic E-state index is -1.02. The third-order valence-electron chi connectivity index (χ3n) is 2.38. The average molecular weight is 260 g/mol. The summed E-state index contributed by atoms with van der Waals surface area (Å²) in [7, 11) is 0. The van der Waals surface area contributed by atoms with Gasteiger partial charge in [0.2, 0.25) is 0 Å². The van der Waals surface area contributed by atoms with Crippen LogP contribution in [0.4, 0.5) is 0 Å². The smallest absolute Gasteiger partial charge is 0.355 e. The van der Waals surface area contributed by atoms with Gasteiger partial charge in [0.25, 0.3) is 0 Å². The summed E-state index contributed by atoms with van der Waals surface area (Å²) < 4.78 is 0. The zero-order valence-electron chi connectivity index (χ0n) is 9.15. The van der Waals surface area contributed by atoms with Crippen LogP contribution in [-0.4, -0.2) is 31.1 Å². The van der Waals surface area contributed by atoms with E-state index in [9.17, 15) is 4.79 Å². The molecule has 2 aromatic heterocycles. The summed E-state index contributed by atoms with van der Waals surface area (Å²) >= 11 is 1.29. The molecule has 7 heteroatoms. The van der Waals surface area contributed by atoms with Crippen molar-refractivity contribution in [2.45, 2.75) is 6.54 Å². The number of hydrogen-bond acceptors (Lipinski definition) is 5. The molecule has 0 aliphatic rings. The van der Waals surface area contributed by atoms with Crippen LogP contribution < -0.4 is 0 Å². The van der Waals surface area contributed by atoms with Gasteiger partial charge in [-0.3, -0.25) is 0 Å². The quantitative estimate of drug-likeness (QED) is 0.774. The maximum atomic E-state index is 10.7. The van der Waals surface area contributed by atoms with E-state index in [0.717, 1.165) is 11.0 Å². The van der Waals surface area contributed by atoms with E-state index >= 15 is 0 Å². The first kappa shape index (κ1) is 10.8. The third-order valence-corrected chi connectivity index (χ3v) is 3.21. The van der Waals surface area contributed by atoms with Gasteiger partial charge in [-0.15, -0.1) is 11.3 Å². The number of benzene rings is 1. The summed E-state index contributed by atoms with van der Waals surface area (Å²) in [5.41, 5.74) is 1.69. The first-order chi connectivity index (χ1) is 8.72. The van der Waals surface area contributed by atoms with Crippen LogP contribution in [0.3, 0.4) is 0 Å². The van der Waals surface area contributed by atoms with Crippen molar-refractivity contribution in [2.24, 2.45) is 0 Å². The van der Waals surface area contributed by atoms with E-state index in [1.807, 2.05) is 24.3 Å². The minimum Gasteiger partial charge on any atom is -0.476 e. The van der Waals surface area contributed by atoms with Crippen LogP contribution >= 0.6 is 11.3 Å². The molecule has 2 heterocycles. The molecule has 1 N–H and O–H groups in total. The lowest BCUT2D eigenvalue weighted by Crippen LogP contribution is -2.04. The van der Waals surface area contributed by atoms with Crippen molar-refractivity contribution in [2.75, 3.05) is 0 Å². The summed E-state index contributed by atoms with van der Waals surface area (Å²) in [5, 5.41) is 19.5. The lowest BCUT2D eigenvalue weighted by atomic mass is 10.3. The van der Waals surface area contributed by atoms with E-state index in [2.05, 4.69) is 15.2 Å². The van der Waals surface area contributed by atoms with Crippen molar-refractivity contribution in [1.29, 1.82) is 0 Å². The highest BCUT2D eigenvalue weighted by Crippen LogP contribution is 2.12. The Morgan fingerprint density at radius 3 is 2.50 bits per heavy atom. The first-order valence-electron chi connectivity index (χ1n) is 5.20. The zero-order chi connectivity index (χ0) is 12.5. The molecule has 0 saturated heterocycles. The van der Waals surface area contributed by atoms with Crippen molar-refractivity contribution in [3.8, 4) is 0 Å². The second-order valence-electron chi connectivity index (χ2n) is 3.65. The van der Waals surface area contributed by atoms with E-state index in [1.165, 1.54) is 21.5 Å². The number of thiazole rings is 1. The Morgan fingerprint density at radius 1 is 1.28 bits per heavy atom. The predicted octanol–water partition coefficient (Wildman–Crippen LogP) is 1.63. The second-order valence-corrected chi connectivity index (χ2v) is 4.59. The number of aromatic carboxylic acids is 1. The van der Waals surface area contributed by atoms with Crippen molar-refractivity contribution in [3.63, 3.8) is 0 Å². The Morgan fingerprint density at radius 2 is 1.94 bits per heavy atom. The molecule has 0 aliphatic heterocycles.